The van der Waals surface area contributed by atoms with Crippen LogP contribution in [0, 0.1) is 5.92 Å². The summed E-state index contributed by atoms with van der Waals surface area (Å²) in [6.07, 6.45) is 8.25. The number of amides is 1. The maximum Gasteiger partial charge on any atom is 0.225 e. The van der Waals surface area contributed by atoms with Crippen LogP contribution in [0.25, 0.3) is 22.2 Å². The maximum atomic E-state index is 12.8. The molecule has 0 atom stereocenters. The van der Waals surface area contributed by atoms with Gasteiger partial charge in [-0.25, -0.2) is 9.97 Å². The van der Waals surface area contributed by atoms with E-state index in [1.807, 2.05) is 30.5 Å². The first-order valence-corrected chi connectivity index (χ1v) is 9.65. The SMILES string of the molecule is CCC(CC)C(=O)N1CCc2nc3ncc(-c4cnn(C)c4)cc3cc2C1. The third kappa shape index (κ3) is 3.31. The van der Waals surface area contributed by atoms with Crippen LogP contribution in [0.5, 0.6) is 0 Å². The molecule has 1 amide bonds. The first kappa shape index (κ1) is 17.6. The van der Waals surface area contributed by atoms with E-state index in [4.69, 9.17) is 4.98 Å². The molecule has 3 aromatic rings. The minimum absolute atomic E-state index is 0.124. The molecule has 4 heterocycles. The first-order valence-electron chi connectivity index (χ1n) is 9.65. The van der Waals surface area contributed by atoms with Crippen molar-refractivity contribution < 1.29 is 4.79 Å². The summed E-state index contributed by atoms with van der Waals surface area (Å²) < 4.78 is 1.78. The summed E-state index contributed by atoms with van der Waals surface area (Å²) in [5.74, 6) is 0.395. The number of rotatable bonds is 4. The van der Waals surface area contributed by atoms with Crippen molar-refractivity contribution in [2.45, 2.75) is 39.7 Å². The number of carbonyl (C=O) groups is 1. The van der Waals surface area contributed by atoms with Gasteiger partial charge in [0, 0.05) is 67.1 Å². The average Bonchev–Trinajstić information content (AvgIpc) is 3.12. The van der Waals surface area contributed by atoms with Gasteiger partial charge in [0.15, 0.2) is 5.65 Å². The molecule has 6 heteroatoms. The monoisotopic (exact) mass is 363 g/mol. The Morgan fingerprint density at radius 2 is 2.00 bits per heavy atom. The van der Waals surface area contributed by atoms with Gasteiger partial charge in [-0.1, -0.05) is 13.8 Å². The number of pyridine rings is 2. The fraction of sp³-hybridized carbons (Fsp3) is 0.429. The molecule has 0 fully saturated rings. The van der Waals surface area contributed by atoms with Crippen molar-refractivity contribution in [3.63, 3.8) is 0 Å². The molecule has 0 N–H and O–H groups in total. The fourth-order valence-electron chi connectivity index (χ4n) is 3.84. The van der Waals surface area contributed by atoms with Gasteiger partial charge in [0.2, 0.25) is 5.91 Å². The molecule has 0 unspecified atom stereocenters. The Bertz CT molecular complexity index is 989. The highest BCUT2D eigenvalue weighted by molar-refractivity contribution is 5.82. The third-order valence-electron chi connectivity index (χ3n) is 5.50. The van der Waals surface area contributed by atoms with Crippen LogP contribution in [0.3, 0.4) is 0 Å². The Kier molecular flexibility index (Phi) is 4.64. The van der Waals surface area contributed by atoms with Crippen LogP contribution in [-0.4, -0.2) is 37.1 Å². The lowest BCUT2D eigenvalue weighted by molar-refractivity contribution is -0.136. The highest BCUT2D eigenvalue weighted by Gasteiger charge is 2.26. The number of carbonyl (C=O) groups excluding carboxylic acids is 1. The largest absolute Gasteiger partial charge is 0.338 e. The topological polar surface area (TPSA) is 63.9 Å². The van der Waals surface area contributed by atoms with Crippen molar-refractivity contribution in [2.24, 2.45) is 13.0 Å². The number of hydrogen-bond donors (Lipinski definition) is 0. The average molecular weight is 363 g/mol. The van der Waals surface area contributed by atoms with Crippen LogP contribution in [0.1, 0.15) is 37.9 Å². The molecule has 0 bridgehead atoms. The summed E-state index contributed by atoms with van der Waals surface area (Å²) >= 11 is 0. The molecule has 0 radical (unpaired) electrons. The number of hydrogen-bond acceptors (Lipinski definition) is 4. The Hall–Kier alpha value is -2.76. The van der Waals surface area contributed by atoms with Gasteiger partial charge in [0.05, 0.1) is 6.20 Å². The quantitative estimate of drug-likeness (QED) is 0.713. The van der Waals surface area contributed by atoms with E-state index in [0.717, 1.165) is 59.2 Å². The molecule has 4 rings (SSSR count). The van der Waals surface area contributed by atoms with E-state index < -0.39 is 0 Å². The van der Waals surface area contributed by atoms with Crippen LogP contribution < -0.4 is 0 Å². The van der Waals surface area contributed by atoms with Gasteiger partial charge in [-0.15, -0.1) is 0 Å². The second-order valence-electron chi connectivity index (χ2n) is 7.29. The van der Waals surface area contributed by atoms with Crippen LogP contribution in [-0.2, 0) is 24.8 Å². The van der Waals surface area contributed by atoms with Crippen LogP contribution >= 0.6 is 0 Å². The molecule has 0 spiro atoms. The molecule has 0 saturated heterocycles. The van der Waals surface area contributed by atoms with Crippen molar-refractivity contribution >= 4 is 16.9 Å². The molecule has 1 aliphatic heterocycles. The van der Waals surface area contributed by atoms with Gasteiger partial charge in [0.1, 0.15) is 0 Å². The normalized spacial score (nSPS) is 14.0. The van der Waals surface area contributed by atoms with E-state index in [0.29, 0.717) is 6.54 Å². The van der Waals surface area contributed by atoms with Gasteiger partial charge in [-0.3, -0.25) is 9.48 Å². The van der Waals surface area contributed by atoms with E-state index in [-0.39, 0.29) is 11.8 Å². The molecular weight excluding hydrogens is 338 g/mol. The zero-order chi connectivity index (χ0) is 19.0. The molecule has 27 heavy (non-hydrogen) atoms. The predicted molar refractivity (Wildman–Crippen MR) is 105 cm³/mol. The van der Waals surface area contributed by atoms with E-state index in [9.17, 15) is 4.79 Å². The van der Waals surface area contributed by atoms with E-state index in [1.165, 1.54) is 0 Å². The van der Waals surface area contributed by atoms with Gasteiger partial charge < -0.3 is 4.90 Å². The van der Waals surface area contributed by atoms with E-state index in [2.05, 4.69) is 36.1 Å². The van der Waals surface area contributed by atoms with Crippen molar-refractivity contribution in [1.29, 1.82) is 0 Å². The second-order valence-corrected chi connectivity index (χ2v) is 7.29. The lowest BCUT2D eigenvalue weighted by atomic mass is 9.98. The molecular formula is C21H25N5O. The van der Waals surface area contributed by atoms with Crippen molar-refractivity contribution in [2.75, 3.05) is 6.54 Å². The summed E-state index contributed by atoms with van der Waals surface area (Å²) in [5, 5.41) is 5.24. The fourth-order valence-corrected chi connectivity index (χ4v) is 3.84. The van der Waals surface area contributed by atoms with Gasteiger partial charge in [0.25, 0.3) is 0 Å². The number of nitrogens with zero attached hydrogens (tertiary/aromatic N) is 5. The summed E-state index contributed by atoms with van der Waals surface area (Å²) in [7, 11) is 1.90. The van der Waals surface area contributed by atoms with E-state index >= 15 is 0 Å². The lowest BCUT2D eigenvalue weighted by Crippen LogP contribution is -2.39. The smallest absolute Gasteiger partial charge is 0.225 e. The van der Waals surface area contributed by atoms with Crippen molar-refractivity contribution in [3.05, 3.63) is 42.0 Å². The maximum absolute atomic E-state index is 12.8. The summed E-state index contributed by atoms with van der Waals surface area (Å²) in [5.41, 5.74) is 5.03. The van der Waals surface area contributed by atoms with Gasteiger partial charge >= 0.3 is 0 Å². The Morgan fingerprint density at radius 3 is 2.70 bits per heavy atom. The summed E-state index contributed by atoms with van der Waals surface area (Å²) in [6, 6.07) is 4.26. The predicted octanol–water partition coefficient (Wildman–Crippen LogP) is 3.35. The van der Waals surface area contributed by atoms with Gasteiger partial charge in [-0.2, -0.15) is 5.10 Å². The molecule has 1 aliphatic rings. The summed E-state index contributed by atoms with van der Waals surface area (Å²) in [6.45, 7) is 5.56. The second kappa shape index (κ2) is 7.10. The number of aromatic nitrogens is 4. The Balaban J connectivity index is 1.66. The highest BCUT2D eigenvalue weighted by Crippen LogP contribution is 2.26. The zero-order valence-corrected chi connectivity index (χ0v) is 16.1. The zero-order valence-electron chi connectivity index (χ0n) is 16.1. The van der Waals surface area contributed by atoms with Crippen LogP contribution in [0.15, 0.2) is 30.7 Å². The molecule has 140 valence electrons. The molecule has 3 aromatic heterocycles. The van der Waals surface area contributed by atoms with E-state index in [1.54, 1.807) is 4.68 Å². The molecule has 0 aromatic carbocycles. The number of aryl methyl sites for hydroxylation is 1. The molecule has 6 nitrogen and oxygen atoms in total. The third-order valence-corrected chi connectivity index (χ3v) is 5.50. The van der Waals surface area contributed by atoms with Crippen molar-refractivity contribution in [3.8, 4) is 11.1 Å². The minimum atomic E-state index is 0.124. The lowest BCUT2D eigenvalue weighted by Gasteiger charge is -2.31. The molecule has 0 aliphatic carbocycles. The minimum Gasteiger partial charge on any atom is -0.338 e. The number of fused-ring (bicyclic) bond motifs is 2. The van der Waals surface area contributed by atoms with Gasteiger partial charge in [-0.05, 0) is 30.5 Å². The Labute approximate surface area is 159 Å². The van der Waals surface area contributed by atoms with Crippen LogP contribution in [0.4, 0.5) is 0 Å². The first-order chi connectivity index (χ1) is 13.1. The van der Waals surface area contributed by atoms with Crippen molar-refractivity contribution in [1.82, 2.24) is 24.6 Å². The summed E-state index contributed by atoms with van der Waals surface area (Å²) in [4.78, 5) is 24.1. The van der Waals surface area contributed by atoms with Crippen LogP contribution in [0.2, 0.25) is 0 Å². The Morgan fingerprint density at radius 1 is 1.19 bits per heavy atom. The standard InChI is InChI=1S/C21H25N5O/c1-4-14(5-2)21(27)26-7-6-19-17(13-26)9-15-8-16(10-22-20(15)24-19)18-11-23-25(3)12-18/h8-12,14H,4-7,13H2,1-3H3. The highest BCUT2D eigenvalue weighted by atomic mass is 16.2. The molecule has 0 saturated carbocycles.